The molecule has 10 heteroatoms. The lowest BCUT2D eigenvalue weighted by atomic mass is 9.99. The number of aliphatic imine (C=N–C) groups is 1. The van der Waals surface area contributed by atoms with Gasteiger partial charge in [-0.2, -0.15) is 18.3 Å². The summed E-state index contributed by atoms with van der Waals surface area (Å²) < 4.78 is 52.7. The monoisotopic (exact) mass is 467 g/mol. The fraction of sp³-hybridized carbons (Fsp3) is 0.391. The highest BCUT2D eigenvalue weighted by Crippen LogP contribution is 2.31. The van der Waals surface area contributed by atoms with Gasteiger partial charge >= 0.3 is 6.18 Å². The lowest BCUT2D eigenvalue weighted by Crippen LogP contribution is -2.45. The highest BCUT2D eigenvalue weighted by atomic mass is 19.4. The van der Waals surface area contributed by atoms with Crippen molar-refractivity contribution in [1.29, 1.82) is 0 Å². The summed E-state index contributed by atoms with van der Waals surface area (Å²) >= 11 is 0. The van der Waals surface area contributed by atoms with Gasteiger partial charge in [0.25, 0.3) is 0 Å². The Morgan fingerprint density at radius 3 is 2.45 bits per heavy atom. The van der Waals surface area contributed by atoms with Crippen LogP contribution in [-0.2, 0) is 6.18 Å². The van der Waals surface area contributed by atoms with E-state index in [4.69, 9.17) is 0 Å². The second-order valence-electron chi connectivity index (χ2n) is 8.04. The van der Waals surface area contributed by atoms with Crippen molar-refractivity contribution in [3.63, 3.8) is 0 Å². The third kappa shape index (κ3) is 5.76. The van der Waals surface area contributed by atoms with Crippen LogP contribution in [0.15, 0.2) is 70.1 Å². The van der Waals surface area contributed by atoms with Gasteiger partial charge in [0.05, 0.1) is 23.9 Å². The summed E-state index contributed by atoms with van der Waals surface area (Å²) in [5.41, 5.74) is -0.0742. The number of hydrogen-bond acceptors (Lipinski definition) is 6. The number of aliphatic hydroxyl groups is 3. The third-order valence-corrected chi connectivity index (χ3v) is 5.35. The predicted molar refractivity (Wildman–Crippen MR) is 116 cm³/mol. The minimum absolute atomic E-state index is 0.00476. The van der Waals surface area contributed by atoms with E-state index in [1.54, 1.807) is 19.9 Å². The standard InChI is InChI=1S/C23H25F4N3O3/c1-13(2)20(12-31)28-21(32)18-11-19(14-6-8-15(9-7-14)23(25,26)27)29-30(22(18)33)17-5-3-4-16(24)10-17/h3-9,11,13,17,21-22,31-33H,10,12H2,1-2H3. The molecule has 0 aromatic heterocycles. The van der Waals surface area contributed by atoms with Gasteiger partial charge in [-0.25, -0.2) is 4.39 Å². The van der Waals surface area contributed by atoms with Crippen LogP contribution in [-0.4, -0.2) is 56.9 Å². The number of aliphatic hydroxyl groups excluding tert-OH is 3. The van der Waals surface area contributed by atoms with E-state index in [0.29, 0.717) is 11.3 Å². The maximum absolute atomic E-state index is 13.9. The fourth-order valence-electron chi connectivity index (χ4n) is 3.44. The van der Waals surface area contributed by atoms with Crippen LogP contribution < -0.4 is 0 Å². The van der Waals surface area contributed by atoms with Crippen LogP contribution in [0.4, 0.5) is 17.6 Å². The number of rotatable bonds is 6. The van der Waals surface area contributed by atoms with Crippen LogP contribution >= 0.6 is 0 Å². The van der Waals surface area contributed by atoms with Gasteiger partial charge in [-0.3, -0.25) is 10.0 Å². The molecule has 1 heterocycles. The number of allylic oxidation sites excluding steroid dienone is 3. The molecule has 33 heavy (non-hydrogen) atoms. The molecule has 1 aromatic carbocycles. The summed E-state index contributed by atoms with van der Waals surface area (Å²) in [6, 6.07) is 3.57. The topological polar surface area (TPSA) is 88.7 Å². The number of nitrogens with zero attached hydrogens (tertiary/aromatic N) is 3. The molecule has 0 saturated carbocycles. The Balaban J connectivity index is 2.03. The van der Waals surface area contributed by atoms with Gasteiger partial charge < -0.3 is 15.3 Å². The number of halogens is 4. The first-order valence-corrected chi connectivity index (χ1v) is 10.3. The van der Waals surface area contributed by atoms with Crippen molar-refractivity contribution in [2.75, 3.05) is 6.61 Å². The predicted octanol–water partition coefficient (Wildman–Crippen LogP) is 3.56. The molecule has 0 fully saturated rings. The first-order chi connectivity index (χ1) is 15.5. The van der Waals surface area contributed by atoms with Gasteiger partial charge in [-0.1, -0.05) is 38.1 Å². The Morgan fingerprint density at radius 1 is 1.24 bits per heavy atom. The largest absolute Gasteiger partial charge is 0.416 e. The molecule has 2 aliphatic rings. The molecule has 3 N–H and O–H groups in total. The van der Waals surface area contributed by atoms with Crippen molar-refractivity contribution < 1.29 is 32.9 Å². The first kappa shape index (κ1) is 24.8. The summed E-state index contributed by atoms with van der Waals surface area (Å²) in [7, 11) is 0. The van der Waals surface area contributed by atoms with Crippen LogP contribution in [0.5, 0.6) is 0 Å². The smallest absolute Gasteiger partial charge is 0.390 e. The average Bonchev–Trinajstić information content (AvgIpc) is 2.76. The Morgan fingerprint density at radius 2 is 1.91 bits per heavy atom. The van der Waals surface area contributed by atoms with Crippen LogP contribution in [0.25, 0.3) is 0 Å². The van der Waals surface area contributed by atoms with E-state index in [1.165, 1.54) is 35.4 Å². The molecule has 1 aliphatic carbocycles. The van der Waals surface area contributed by atoms with E-state index in [1.807, 2.05) is 0 Å². The minimum Gasteiger partial charge on any atom is -0.390 e. The van der Waals surface area contributed by atoms with Crippen molar-refractivity contribution in [3.05, 3.63) is 71.1 Å². The van der Waals surface area contributed by atoms with E-state index in [9.17, 15) is 32.9 Å². The Hall–Kier alpha value is -2.82. The molecule has 0 amide bonds. The summed E-state index contributed by atoms with van der Waals surface area (Å²) in [6.07, 6.45) is -1.92. The normalized spacial score (nSPS) is 22.8. The lowest BCUT2D eigenvalue weighted by molar-refractivity contribution is -0.137. The Bertz CT molecular complexity index is 1010. The molecule has 3 atom stereocenters. The maximum atomic E-state index is 13.9. The van der Waals surface area contributed by atoms with E-state index in [2.05, 4.69) is 10.1 Å². The molecule has 178 valence electrons. The SMILES string of the molecule is CC(C)C(CO)=NC(O)C1=CC(c2ccc(C(F)(F)F)cc2)=NN(C2C=CC=C(F)C2)C1O. The minimum atomic E-state index is -4.50. The van der Waals surface area contributed by atoms with E-state index < -0.39 is 42.7 Å². The number of hydrogen-bond donors (Lipinski definition) is 3. The molecule has 0 bridgehead atoms. The third-order valence-electron chi connectivity index (χ3n) is 5.35. The van der Waals surface area contributed by atoms with E-state index >= 15 is 0 Å². The van der Waals surface area contributed by atoms with Crippen LogP contribution in [0.2, 0.25) is 0 Å². The number of benzene rings is 1. The lowest BCUT2D eigenvalue weighted by Gasteiger charge is -2.37. The molecule has 0 saturated heterocycles. The summed E-state index contributed by atoms with van der Waals surface area (Å²) in [6.45, 7) is 3.15. The number of alkyl halides is 3. The van der Waals surface area contributed by atoms with Crippen LogP contribution in [0, 0.1) is 5.92 Å². The van der Waals surface area contributed by atoms with Gasteiger partial charge in [0, 0.05) is 23.3 Å². The molecule has 6 nitrogen and oxygen atoms in total. The molecule has 1 aliphatic heterocycles. The van der Waals surface area contributed by atoms with Gasteiger partial charge in [-0.05, 0) is 30.2 Å². The summed E-state index contributed by atoms with van der Waals surface area (Å²) in [5.74, 6) is -0.608. The van der Waals surface area contributed by atoms with Gasteiger partial charge in [0.1, 0.15) is 5.83 Å². The molecule has 0 spiro atoms. The highest BCUT2D eigenvalue weighted by molar-refractivity contribution is 6.09. The molecular formula is C23H25F4N3O3. The zero-order valence-corrected chi connectivity index (χ0v) is 18.0. The highest BCUT2D eigenvalue weighted by Gasteiger charge is 2.34. The summed E-state index contributed by atoms with van der Waals surface area (Å²) in [5, 5.41) is 36.7. The van der Waals surface area contributed by atoms with Gasteiger partial charge in [-0.15, -0.1) is 0 Å². The average molecular weight is 467 g/mol. The molecule has 3 rings (SSSR count). The second-order valence-corrected chi connectivity index (χ2v) is 8.04. The van der Waals surface area contributed by atoms with Gasteiger partial charge in [0.2, 0.25) is 0 Å². The Labute approximate surface area is 188 Å². The van der Waals surface area contributed by atoms with E-state index in [-0.39, 0.29) is 23.6 Å². The molecule has 0 radical (unpaired) electrons. The molecular weight excluding hydrogens is 442 g/mol. The first-order valence-electron chi connectivity index (χ1n) is 10.3. The van der Waals surface area contributed by atoms with Crippen LogP contribution in [0.3, 0.4) is 0 Å². The van der Waals surface area contributed by atoms with Crippen molar-refractivity contribution in [2.45, 2.75) is 44.9 Å². The van der Waals surface area contributed by atoms with Crippen molar-refractivity contribution >= 4 is 11.4 Å². The van der Waals surface area contributed by atoms with Gasteiger partial charge in [0.15, 0.2) is 12.5 Å². The quantitative estimate of drug-likeness (QED) is 0.441. The number of hydrazone groups is 1. The Kier molecular flexibility index (Phi) is 7.51. The van der Waals surface area contributed by atoms with E-state index in [0.717, 1.165) is 12.1 Å². The zero-order chi connectivity index (χ0) is 24.3. The second kappa shape index (κ2) is 9.98. The fourth-order valence-corrected chi connectivity index (χ4v) is 3.44. The molecule has 1 aromatic rings. The van der Waals surface area contributed by atoms with Crippen molar-refractivity contribution in [3.8, 4) is 0 Å². The van der Waals surface area contributed by atoms with Crippen molar-refractivity contribution in [1.82, 2.24) is 5.01 Å². The molecule has 3 unspecified atom stereocenters. The maximum Gasteiger partial charge on any atom is 0.416 e. The van der Waals surface area contributed by atoms with Crippen molar-refractivity contribution in [2.24, 2.45) is 16.0 Å². The van der Waals surface area contributed by atoms with Crippen LogP contribution in [0.1, 0.15) is 31.4 Å². The zero-order valence-electron chi connectivity index (χ0n) is 18.0. The summed E-state index contributed by atoms with van der Waals surface area (Å²) in [4.78, 5) is 4.10.